The summed E-state index contributed by atoms with van der Waals surface area (Å²) in [4.78, 5) is 14.6. The molecular weight excluding hydrogens is 182 g/mol. The molecule has 0 saturated heterocycles. The van der Waals surface area contributed by atoms with Crippen LogP contribution in [-0.2, 0) is 9.53 Å². The first-order valence-electron chi connectivity index (χ1n) is 2.92. The first-order valence-corrected chi connectivity index (χ1v) is 4.78. The first kappa shape index (κ1) is 8.55. The average molecular weight is 189 g/mol. The summed E-state index contributed by atoms with van der Waals surface area (Å²) in [7, 11) is 1.38. The molecule has 11 heavy (non-hydrogen) atoms. The van der Waals surface area contributed by atoms with Gasteiger partial charge in [-0.3, -0.25) is 4.79 Å². The fraction of sp³-hybridized carbons (Fsp3) is 0.333. The van der Waals surface area contributed by atoms with Gasteiger partial charge in [-0.25, -0.2) is 4.98 Å². The molecule has 0 N–H and O–H groups in total. The summed E-state index contributed by atoms with van der Waals surface area (Å²) in [5.41, 5.74) is 0. The van der Waals surface area contributed by atoms with Crippen molar-refractivity contribution >= 4 is 29.1 Å². The smallest absolute Gasteiger partial charge is 0.316 e. The standard InChI is InChI=1S/C6H7NO2S2/c1-9-5(8)4-11-6-7-2-3-10-6/h2-3H,4H2,1H3. The molecule has 0 spiro atoms. The van der Waals surface area contributed by atoms with Crippen molar-refractivity contribution in [3.8, 4) is 0 Å². The molecule has 0 aromatic carbocycles. The molecule has 1 aromatic rings. The number of thioether (sulfide) groups is 1. The van der Waals surface area contributed by atoms with Crippen LogP contribution in [-0.4, -0.2) is 23.8 Å². The second kappa shape index (κ2) is 4.35. The molecule has 0 fully saturated rings. The molecule has 0 aliphatic heterocycles. The van der Waals surface area contributed by atoms with E-state index < -0.39 is 0 Å². The van der Waals surface area contributed by atoms with Gasteiger partial charge in [-0.05, 0) is 0 Å². The summed E-state index contributed by atoms with van der Waals surface area (Å²) in [6.07, 6.45) is 1.71. The number of ether oxygens (including phenoxy) is 1. The quantitative estimate of drug-likeness (QED) is 0.532. The Hall–Kier alpha value is -0.550. The zero-order chi connectivity index (χ0) is 8.10. The van der Waals surface area contributed by atoms with Crippen molar-refractivity contribution in [3.63, 3.8) is 0 Å². The first-order chi connectivity index (χ1) is 5.33. The predicted octanol–water partition coefficient (Wildman–Crippen LogP) is 1.41. The lowest BCUT2D eigenvalue weighted by Gasteiger charge is -1.94. The molecule has 0 aliphatic carbocycles. The molecule has 60 valence electrons. The van der Waals surface area contributed by atoms with Crippen molar-refractivity contribution < 1.29 is 9.53 Å². The molecule has 1 aromatic heterocycles. The summed E-state index contributed by atoms with van der Waals surface area (Å²) in [6.45, 7) is 0. The maximum Gasteiger partial charge on any atom is 0.316 e. The van der Waals surface area contributed by atoms with Gasteiger partial charge in [0.15, 0.2) is 0 Å². The Morgan fingerprint density at radius 1 is 1.91 bits per heavy atom. The fourth-order valence-electron chi connectivity index (χ4n) is 0.461. The van der Waals surface area contributed by atoms with Crippen molar-refractivity contribution in [1.82, 2.24) is 4.98 Å². The van der Waals surface area contributed by atoms with Crippen LogP contribution in [0.4, 0.5) is 0 Å². The van der Waals surface area contributed by atoms with Crippen LogP contribution in [0.5, 0.6) is 0 Å². The van der Waals surface area contributed by atoms with Gasteiger partial charge in [0, 0.05) is 11.6 Å². The van der Waals surface area contributed by atoms with Gasteiger partial charge in [0.1, 0.15) is 4.34 Å². The lowest BCUT2D eigenvalue weighted by atomic mass is 10.8. The minimum Gasteiger partial charge on any atom is -0.468 e. The molecule has 0 bridgehead atoms. The monoisotopic (exact) mass is 189 g/mol. The Morgan fingerprint density at radius 3 is 3.27 bits per heavy atom. The van der Waals surface area contributed by atoms with Crippen LogP contribution in [0.15, 0.2) is 15.9 Å². The van der Waals surface area contributed by atoms with Gasteiger partial charge in [-0.15, -0.1) is 11.3 Å². The van der Waals surface area contributed by atoms with E-state index in [4.69, 9.17) is 0 Å². The molecule has 0 amide bonds. The van der Waals surface area contributed by atoms with Crippen LogP contribution in [0.25, 0.3) is 0 Å². The highest BCUT2D eigenvalue weighted by atomic mass is 32.2. The molecule has 0 radical (unpaired) electrons. The van der Waals surface area contributed by atoms with Crippen LogP contribution in [0.3, 0.4) is 0 Å². The number of carbonyl (C=O) groups excluding carboxylic acids is 1. The predicted molar refractivity (Wildman–Crippen MR) is 44.9 cm³/mol. The Morgan fingerprint density at radius 2 is 2.73 bits per heavy atom. The highest BCUT2D eigenvalue weighted by Crippen LogP contribution is 2.19. The molecule has 0 aliphatic rings. The van der Waals surface area contributed by atoms with E-state index in [-0.39, 0.29) is 5.97 Å². The van der Waals surface area contributed by atoms with Crippen molar-refractivity contribution in [1.29, 1.82) is 0 Å². The molecule has 3 nitrogen and oxygen atoms in total. The molecule has 1 rings (SSSR count). The second-order valence-corrected chi connectivity index (χ2v) is 3.78. The zero-order valence-corrected chi connectivity index (χ0v) is 7.58. The van der Waals surface area contributed by atoms with Crippen LogP contribution in [0.2, 0.25) is 0 Å². The van der Waals surface area contributed by atoms with E-state index in [9.17, 15) is 4.79 Å². The Kier molecular flexibility index (Phi) is 3.38. The maximum atomic E-state index is 10.6. The van der Waals surface area contributed by atoms with E-state index >= 15 is 0 Å². The van der Waals surface area contributed by atoms with Gasteiger partial charge in [0.2, 0.25) is 0 Å². The molecule has 5 heteroatoms. The molecule has 0 saturated carbocycles. The van der Waals surface area contributed by atoms with E-state index in [2.05, 4.69) is 9.72 Å². The summed E-state index contributed by atoms with van der Waals surface area (Å²) in [5.74, 6) is 0.120. The number of methoxy groups -OCH3 is 1. The van der Waals surface area contributed by atoms with E-state index in [0.29, 0.717) is 5.75 Å². The number of rotatable bonds is 3. The van der Waals surface area contributed by atoms with E-state index in [1.807, 2.05) is 5.38 Å². The van der Waals surface area contributed by atoms with Crippen molar-refractivity contribution in [2.24, 2.45) is 0 Å². The number of esters is 1. The average Bonchev–Trinajstić information content (AvgIpc) is 2.52. The Bertz CT molecular complexity index is 222. The van der Waals surface area contributed by atoms with Gasteiger partial charge in [0.05, 0.1) is 12.9 Å². The van der Waals surface area contributed by atoms with E-state index in [1.54, 1.807) is 6.20 Å². The SMILES string of the molecule is COC(=O)CSc1nccs1. The summed E-state index contributed by atoms with van der Waals surface area (Å²) < 4.78 is 5.36. The summed E-state index contributed by atoms with van der Waals surface area (Å²) >= 11 is 2.91. The van der Waals surface area contributed by atoms with Crippen molar-refractivity contribution in [3.05, 3.63) is 11.6 Å². The van der Waals surface area contributed by atoms with Gasteiger partial charge in [0.25, 0.3) is 0 Å². The lowest BCUT2D eigenvalue weighted by molar-refractivity contribution is -0.137. The van der Waals surface area contributed by atoms with Gasteiger partial charge < -0.3 is 4.74 Å². The third kappa shape index (κ3) is 2.90. The van der Waals surface area contributed by atoms with Crippen molar-refractivity contribution in [2.75, 3.05) is 12.9 Å². The third-order valence-corrected chi connectivity index (χ3v) is 2.89. The van der Waals surface area contributed by atoms with Gasteiger partial charge in [-0.1, -0.05) is 11.8 Å². The summed E-state index contributed by atoms with van der Waals surface area (Å²) in [6, 6.07) is 0. The topological polar surface area (TPSA) is 39.2 Å². The largest absolute Gasteiger partial charge is 0.468 e. The number of thiazole rings is 1. The fourth-order valence-corrected chi connectivity index (χ4v) is 1.93. The molecule has 0 unspecified atom stereocenters. The van der Waals surface area contributed by atoms with Crippen LogP contribution >= 0.6 is 23.1 Å². The van der Waals surface area contributed by atoms with Gasteiger partial charge >= 0.3 is 5.97 Å². The maximum absolute atomic E-state index is 10.6. The molecular formula is C6H7NO2S2. The van der Waals surface area contributed by atoms with Gasteiger partial charge in [-0.2, -0.15) is 0 Å². The molecule has 0 atom stereocenters. The minimum absolute atomic E-state index is 0.217. The highest BCUT2D eigenvalue weighted by Gasteiger charge is 2.02. The third-order valence-electron chi connectivity index (χ3n) is 0.951. The second-order valence-electron chi connectivity index (χ2n) is 1.66. The zero-order valence-electron chi connectivity index (χ0n) is 5.94. The Balaban J connectivity index is 2.29. The normalized spacial score (nSPS) is 9.55. The lowest BCUT2D eigenvalue weighted by Crippen LogP contribution is -2.02. The van der Waals surface area contributed by atoms with Crippen LogP contribution in [0, 0.1) is 0 Å². The van der Waals surface area contributed by atoms with E-state index in [0.717, 1.165) is 4.34 Å². The van der Waals surface area contributed by atoms with Crippen molar-refractivity contribution in [2.45, 2.75) is 4.34 Å². The van der Waals surface area contributed by atoms with Crippen LogP contribution < -0.4 is 0 Å². The number of aromatic nitrogens is 1. The number of nitrogens with zero attached hydrogens (tertiary/aromatic N) is 1. The highest BCUT2D eigenvalue weighted by molar-refractivity contribution is 8.01. The van der Waals surface area contributed by atoms with Crippen LogP contribution in [0.1, 0.15) is 0 Å². The molecule has 1 heterocycles. The summed E-state index contributed by atoms with van der Waals surface area (Å²) in [5, 5.41) is 1.87. The Labute approximate surface area is 72.8 Å². The number of hydrogen-bond acceptors (Lipinski definition) is 5. The number of hydrogen-bond donors (Lipinski definition) is 0. The number of carbonyl (C=O) groups is 1. The van der Waals surface area contributed by atoms with E-state index in [1.165, 1.54) is 30.2 Å². The minimum atomic E-state index is -0.217.